The lowest BCUT2D eigenvalue weighted by Crippen LogP contribution is -2.39. The lowest BCUT2D eigenvalue weighted by Gasteiger charge is -2.41. The fourth-order valence-corrected chi connectivity index (χ4v) is 6.85. The monoisotopic (exact) mass is 558 g/mol. The van der Waals surface area contributed by atoms with Crippen LogP contribution in [-0.2, 0) is 11.2 Å². The molecule has 5 N–H and O–H groups in total. The number of rotatable bonds is 3. The molecule has 0 spiro atoms. The summed E-state index contributed by atoms with van der Waals surface area (Å²) >= 11 is 0. The quantitative estimate of drug-likeness (QED) is 0.252. The first-order chi connectivity index (χ1) is 19.4. The number of ether oxygens (including phenoxy) is 2. The smallest absolute Gasteiger partial charge is 0.201 e. The third-order valence-electron chi connectivity index (χ3n) is 8.44. The molecule has 0 saturated carbocycles. The van der Waals surface area contributed by atoms with Crippen molar-refractivity contribution in [2.75, 3.05) is 14.2 Å². The molecule has 3 aliphatic rings. The summed E-state index contributed by atoms with van der Waals surface area (Å²) in [6, 6.07) is 7.87. The first kappa shape index (κ1) is 26.9. The second kappa shape index (κ2) is 9.09. The molecule has 3 atom stereocenters. The average Bonchev–Trinajstić information content (AvgIpc) is 2.87. The maximum absolute atomic E-state index is 13.8. The van der Waals surface area contributed by atoms with E-state index in [0.29, 0.717) is 22.3 Å². The molecule has 9 heteroatoms. The molecule has 0 bridgehead atoms. The van der Waals surface area contributed by atoms with Gasteiger partial charge in [-0.15, -0.1) is 0 Å². The first-order valence-electron chi connectivity index (χ1n) is 13.2. The molecule has 41 heavy (non-hydrogen) atoms. The second-order valence-electron chi connectivity index (χ2n) is 11.4. The topological polar surface area (TPSA) is 154 Å². The highest BCUT2D eigenvalue weighted by molar-refractivity contribution is 6.16. The summed E-state index contributed by atoms with van der Waals surface area (Å²) in [6.07, 6.45) is -1.48. The van der Waals surface area contributed by atoms with Crippen molar-refractivity contribution in [3.63, 3.8) is 0 Å². The Morgan fingerprint density at radius 3 is 2.27 bits per heavy atom. The Kier molecular flexibility index (Phi) is 5.95. The van der Waals surface area contributed by atoms with Crippen molar-refractivity contribution < 1.29 is 44.6 Å². The van der Waals surface area contributed by atoms with Gasteiger partial charge >= 0.3 is 0 Å². The number of carbonyl (C=O) groups is 2. The van der Waals surface area contributed by atoms with Crippen molar-refractivity contribution in [2.45, 2.75) is 50.7 Å². The molecular formula is C32H30O9. The SMILES string of the molecule is COc1cc(O)c2c(c1)C(c1c(OC)cc3c(c1O)C(=O)c1c(O)cc(C)cc1C3)C1=C(C(=O)CC(C)(O)C1)C2O. The number of carbonyl (C=O) groups excluding carboxylic acids is 2. The molecule has 3 aromatic rings. The van der Waals surface area contributed by atoms with Crippen LogP contribution < -0.4 is 9.47 Å². The van der Waals surface area contributed by atoms with Crippen LogP contribution in [0.25, 0.3) is 0 Å². The van der Waals surface area contributed by atoms with Crippen molar-refractivity contribution in [1.82, 2.24) is 0 Å². The largest absolute Gasteiger partial charge is 0.507 e. The molecule has 0 fully saturated rings. The minimum Gasteiger partial charge on any atom is -0.507 e. The fraction of sp³-hybridized carbons (Fsp3) is 0.312. The normalized spacial score (nSPS) is 23.0. The number of Topliss-reactive ketones (excluding diaryl/α,β-unsaturated/α-hetero) is 1. The highest BCUT2D eigenvalue weighted by Crippen LogP contribution is 2.57. The van der Waals surface area contributed by atoms with Crippen molar-refractivity contribution in [2.24, 2.45) is 0 Å². The summed E-state index contributed by atoms with van der Waals surface area (Å²) in [5.41, 5.74) is 1.44. The van der Waals surface area contributed by atoms with Gasteiger partial charge in [-0.1, -0.05) is 6.07 Å². The molecule has 0 aromatic heterocycles. The zero-order valence-electron chi connectivity index (χ0n) is 23.0. The minimum absolute atomic E-state index is 0.0108. The Bertz CT molecular complexity index is 1710. The maximum atomic E-state index is 13.8. The van der Waals surface area contributed by atoms with Crippen molar-refractivity contribution >= 4 is 11.6 Å². The van der Waals surface area contributed by atoms with E-state index in [2.05, 4.69) is 0 Å². The molecule has 0 amide bonds. The molecule has 0 heterocycles. The minimum atomic E-state index is -1.48. The number of methoxy groups -OCH3 is 2. The van der Waals surface area contributed by atoms with E-state index in [0.717, 1.165) is 5.56 Å². The summed E-state index contributed by atoms with van der Waals surface area (Å²) < 4.78 is 11.1. The first-order valence-corrected chi connectivity index (χ1v) is 13.2. The molecule has 6 rings (SSSR count). The zero-order chi connectivity index (χ0) is 29.5. The summed E-state index contributed by atoms with van der Waals surface area (Å²) in [5.74, 6) is -2.48. The van der Waals surface area contributed by atoms with Gasteiger partial charge in [0.15, 0.2) is 5.78 Å². The predicted octanol–water partition coefficient (Wildman–Crippen LogP) is 3.85. The predicted molar refractivity (Wildman–Crippen MR) is 147 cm³/mol. The number of fused-ring (bicyclic) bond motifs is 3. The van der Waals surface area contributed by atoms with Gasteiger partial charge in [-0.3, -0.25) is 9.59 Å². The molecule has 212 valence electrons. The van der Waals surface area contributed by atoms with E-state index in [9.17, 15) is 35.1 Å². The van der Waals surface area contributed by atoms with E-state index < -0.39 is 34.9 Å². The van der Waals surface area contributed by atoms with Crippen LogP contribution in [0.2, 0.25) is 0 Å². The van der Waals surface area contributed by atoms with Gasteiger partial charge in [0.25, 0.3) is 0 Å². The van der Waals surface area contributed by atoms with Gasteiger partial charge in [-0.25, -0.2) is 0 Å². The summed E-state index contributed by atoms with van der Waals surface area (Å²) in [6.45, 7) is 3.33. The van der Waals surface area contributed by atoms with Gasteiger partial charge in [0.2, 0.25) is 5.78 Å². The fourth-order valence-electron chi connectivity index (χ4n) is 6.85. The number of phenols is 3. The summed E-state index contributed by atoms with van der Waals surface area (Å²) in [5, 5.41) is 55.9. The van der Waals surface area contributed by atoms with Gasteiger partial charge in [-0.2, -0.15) is 0 Å². The zero-order valence-corrected chi connectivity index (χ0v) is 23.0. The highest BCUT2D eigenvalue weighted by Gasteiger charge is 2.47. The van der Waals surface area contributed by atoms with Crippen molar-refractivity contribution in [1.29, 1.82) is 0 Å². The van der Waals surface area contributed by atoms with Crippen LogP contribution in [0, 0.1) is 6.92 Å². The second-order valence-corrected chi connectivity index (χ2v) is 11.4. The number of aliphatic hydroxyl groups excluding tert-OH is 1. The van der Waals surface area contributed by atoms with Crippen LogP contribution in [-0.4, -0.2) is 56.9 Å². The Hall–Kier alpha value is -4.34. The van der Waals surface area contributed by atoms with Gasteiger partial charge in [0.1, 0.15) is 34.9 Å². The van der Waals surface area contributed by atoms with Crippen LogP contribution >= 0.6 is 0 Å². The Balaban J connectivity index is 1.68. The van der Waals surface area contributed by atoms with Crippen molar-refractivity contribution in [3.8, 4) is 28.7 Å². The van der Waals surface area contributed by atoms with Gasteiger partial charge in [0.05, 0.1) is 30.9 Å². The van der Waals surface area contributed by atoms with Gasteiger partial charge in [0, 0.05) is 35.1 Å². The Morgan fingerprint density at radius 1 is 0.878 bits per heavy atom. The molecular weight excluding hydrogens is 528 g/mol. The van der Waals surface area contributed by atoms with E-state index in [1.54, 1.807) is 12.1 Å². The number of aryl methyl sites for hydroxylation is 1. The van der Waals surface area contributed by atoms with Gasteiger partial charge < -0.3 is 35.0 Å². The Morgan fingerprint density at radius 2 is 1.59 bits per heavy atom. The number of hydrogen-bond donors (Lipinski definition) is 5. The number of benzene rings is 3. The lowest BCUT2D eigenvalue weighted by atomic mass is 9.65. The highest BCUT2D eigenvalue weighted by atomic mass is 16.5. The maximum Gasteiger partial charge on any atom is 0.201 e. The van der Waals surface area contributed by atoms with E-state index in [4.69, 9.17) is 9.47 Å². The Labute approximate surface area is 235 Å². The molecule has 3 aromatic carbocycles. The molecule has 3 aliphatic carbocycles. The molecule has 0 aliphatic heterocycles. The van der Waals surface area contributed by atoms with E-state index in [-0.39, 0.29) is 70.1 Å². The number of phenolic OH excluding ortho intramolecular Hbond substituents is 3. The van der Waals surface area contributed by atoms with Crippen LogP contribution in [0.15, 0.2) is 41.5 Å². The molecule has 0 radical (unpaired) electrons. The van der Waals surface area contributed by atoms with Crippen LogP contribution in [0.3, 0.4) is 0 Å². The number of aromatic hydroxyl groups is 3. The molecule has 9 nitrogen and oxygen atoms in total. The van der Waals surface area contributed by atoms with Crippen LogP contribution in [0.4, 0.5) is 0 Å². The van der Waals surface area contributed by atoms with Crippen molar-refractivity contribution in [3.05, 3.63) is 86.0 Å². The van der Waals surface area contributed by atoms with E-state index in [1.165, 1.54) is 33.3 Å². The van der Waals surface area contributed by atoms with Crippen LogP contribution in [0.1, 0.15) is 81.1 Å². The summed E-state index contributed by atoms with van der Waals surface area (Å²) in [7, 11) is 2.83. The third kappa shape index (κ3) is 3.91. The standard InChI is InChI=1S/C32H30O9/c1-13-5-14-7-15-8-22(41-4)28(30(37)24(15)29(36)23(14)19(33)6-13)25-17-9-16(40-3)10-20(34)26(17)31(38)27-18(25)11-32(2,39)12-21(27)35/h5-6,8-10,25,31,33-34,37-39H,7,11-12H2,1-4H3. The lowest BCUT2D eigenvalue weighted by molar-refractivity contribution is -0.122. The number of hydrogen-bond acceptors (Lipinski definition) is 9. The van der Waals surface area contributed by atoms with Gasteiger partial charge in [-0.05, 0) is 72.7 Å². The molecule has 0 saturated heterocycles. The number of ketones is 2. The third-order valence-corrected chi connectivity index (χ3v) is 8.44. The van der Waals surface area contributed by atoms with Crippen LogP contribution in [0.5, 0.6) is 28.7 Å². The van der Waals surface area contributed by atoms with E-state index >= 15 is 0 Å². The number of aliphatic hydroxyl groups is 2. The molecule has 3 unspecified atom stereocenters. The average molecular weight is 559 g/mol. The summed E-state index contributed by atoms with van der Waals surface area (Å²) in [4.78, 5) is 27.2. The van der Waals surface area contributed by atoms with E-state index in [1.807, 2.05) is 13.0 Å².